The summed E-state index contributed by atoms with van der Waals surface area (Å²) in [6, 6.07) is 15.6. The van der Waals surface area contributed by atoms with E-state index in [0.717, 1.165) is 24.1 Å². The average Bonchev–Trinajstić information content (AvgIpc) is 2.55. The van der Waals surface area contributed by atoms with Gasteiger partial charge in [-0.3, -0.25) is 0 Å². The standard InChI is InChI=1S/C20H19NO2/c1-3-6-14-9-11-15(12-10-14)19-13(2)18(20(22)23)16-7-4-5-8-17(16)21-19/h4-5,7-12H,3,6H2,1-2H3,(H,22,23). The van der Waals surface area contributed by atoms with Gasteiger partial charge in [0.05, 0.1) is 16.8 Å². The lowest BCUT2D eigenvalue weighted by molar-refractivity contribution is 0.0698. The van der Waals surface area contributed by atoms with Crippen LogP contribution in [0.5, 0.6) is 0 Å². The zero-order valence-corrected chi connectivity index (χ0v) is 13.3. The predicted octanol–water partition coefficient (Wildman–Crippen LogP) is 4.86. The highest BCUT2D eigenvalue weighted by Crippen LogP contribution is 2.29. The van der Waals surface area contributed by atoms with E-state index in [1.165, 1.54) is 5.56 Å². The molecule has 1 N–H and O–H groups in total. The maximum absolute atomic E-state index is 11.7. The lowest BCUT2D eigenvalue weighted by Gasteiger charge is -2.12. The highest BCUT2D eigenvalue weighted by atomic mass is 16.4. The number of aromatic nitrogens is 1. The van der Waals surface area contributed by atoms with Gasteiger partial charge >= 0.3 is 5.97 Å². The van der Waals surface area contributed by atoms with E-state index in [2.05, 4.69) is 19.1 Å². The van der Waals surface area contributed by atoms with Gasteiger partial charge in [-0.05, 0) is 30.5 Å². The molecule has 0 saturated carbocycles. The van der Waals surface area contributed by atoms with E-state index >= 15 is 0 Å². The van der Waals surface area contributed by atoms with Crippen molar-refractivity contribution in [2.45, 2.75) is 26.7 Å². The molecule has 3 heteroatoms. The molecule has 0 saturated heterocycles. The Balaban J connectivity index is 2.21. The van der Waals surface area contributed by atoms with Crippen molar-refractivity contribution < 1.29 is 9.90 Å². The van der Waals surface area contributed by atoms with Crippen molar-refractivity contribution in [2.24, 2.45) is 0 Å². The van der Waals surface area contributed by atoms with E-state index in [1.54, 1.807) is 0 Å². The number of hydrogen-bond acceptors (Lipinski definition) is 2. The Morgan fingerprint density at radius 1 is 1.09 bits per heavy atom. The van der Waals surface area contributed by atoms with Gasteiger partial charge in [-0.25, -0.2) is 9.78 Å². The molecule has 0 aliphatic carbocycles. The van der Waals surface area contributed by atoms with Crippen molar-refractivity contribution in [3.05, 3.63) is 65.2 Å². The number of benzene rings is 2. The van der Waals surface area contributed by atoms with Crippen LogP contribution in [0.1, 0.15) is 34.8 Å². The Morgan fingerprint density at radius 3 is 2.43 bits per heavy atom. The summed E-state index contributed by atoms with van der Waals surface area (Å²) < 4.78 is 0. The summed E-state index contributed by atoms with van der Waals surface area (Å²) in [5.74, 6) is -0.912. The van der Waals surface area contributed by atoms with E-state index in [9.17, 15) is 9.90 Å². The molecule has 2 aromatic carbocycles. The van der Waals surface area contributed by atoms with Crippen LogP contribution in [-0.4, -0.2) is 16.1 Å². The maximum Gasteiger partial charge on any atom is 0.336 e. The van der Waals surface area contributed by atoms with Crippen molar-refractivity contribution in [1.29, 1.82) is 0 Å². The first kappa shape index (κ1) is 15.2. The fourth-order valence-electron chi connectivity index (χ4n) is 2.98. The molecule has 3 nitrogen and oxygen atoms in total. The topological polar surface area (TPSA) is 50.2 Å². The molecular formula is C20H19NO2. The Labute approximate surface area is 135 Å². The summed E-state index contributed by atoms with van der Waals surface area (Å²) in [4.78, 5) is 16.4. The molecule has 1 heterocycles. The van der Waals surface area contributed by atoms with Gasteiger partial charge in [-0.1, -0.05) is 55.8 Å². The molecular weight excluding hydrogens is 286 g/mol. The molecule has 0 amide bonds. The fourth-order valence-corrected chi connectivity index (χ4v) is 2.98. The van der Waals surface area contributed by atoms with Gasteiger partial charge in [0.25, 0.3) is 0 Å². The molecule has 0 aliphatic rings. The molecule has 3 aromatic rings. The van der Waals surface area contributed by atoms with Crippen LogP contribution in [0.25, 0.3) is 22.2 Å². The number of aryl methyl sites for hydroxylation is 1. The third kappa shape index (κ3) is 2.82. The zero-order valence-electron chi connectivity index (χ0n) is 13.3. The van der Waals surface area contributed by atoms with Gasteiger partial charge in [-0.15, -0.1) is 0 Å². The first-order valence-electron chi connectivity index (χ1n) is 7.83. The van der Waals surface area contributed by atoms with Gasteiger partial charge in [0.1, 0.15) is 0 Å². The highest BCUT2D eigenvalue weighted by Gasteiger charge is 2.17. The number of fused-ring (bicyclic) bond motifs is 1. The summed E-state index contributed by atoms with van der Waals surface area (Å²) in [6.07, 6.45) is 2.15. The highest BCUT2D eigenvalue weighted by molar-refractivity contribution is 6.05. The summed E-state index contributed by atoms with van der Waals surface area (Å²) in [5, 5.41) is 10.3. The second-order valence-electron chi connectivity index (χ2n) is 5.73. The number of nitrogens with zero attached hydrogens (tertiary/aromatic N) is 1. The molecule has 23 heavy (non-hydrogen) atoms. The van der Waals surface area contributed by atoms with Gasteiger partial charge in [-0.2, -0.15) is 0 Å². The van der Waals surface area contributed by atoms with Crippen LogP contribution in [0, 0.1) is 6.92 Å². The quantitative estimate of drug-likeness (QED) is 0.748. The first-order valence-corrected chi connectivity index (χ1v) is 7.83. The van der Waals surface area contributed by atoms with Crippen LogP contribution in [0.15, 0.2) is 48.5 Å². The molecule has 0 fully saturated rings. The van der Waals surface area contributed by atoms with Gasteiger partial charge in [0.2, 0.25) is 0 Å². The largest absolute Gasteiger partial charge is 0.478 e. The Hall–Kier alpha value is -2.68. The summed E-state index contributed by atoms with van der Waals surface area (Å²) in [5.41, 5.74) is 4.73. The third-order valence-corrected chi connectivity index (χ3v) is 4.12. The number of para-hydroxylation sites is 1. The molecule has 0 bridgehead atoms. The minimum Gasteiger partial charge on any atom is -0.478 e. The van der Waals surface area contributed by atoms with Crippen molar-refractivity contribution in [1.82, 2.24) is 4.98 Å². The second kappa shape index (κ2) is 6.21. The predicted molar refractivity (Wildman–Crippen MR) is 92.9 cm³/mol. The lowest BCUT2D eigenvalue weighted by atomic mass is 9.97. The Kier molecular flexibility index (Phi) is 4.11. The minimum atomic E-state index is -0.912. The Morgan fingerprint density at radius 2 is 1.78 bits per heavy atom. The minimum absolute atomic E-state index is 0.336. The molecule has 0 aliphatic heterocycles. The summed E-state index contributed by atoms with van der Waals surface area (Å²) in [6.45, 7) is 3.99. The zero-order chi connectivity index (χ0) is 16.4. The van der Waals surface area contributed by atoms with Crippen molar-refractivity contribution in [3.8, 4) is 11.3 Å². The fraction of sp³-hybridized carbons (Fsp3) is 0.200. The maximum atomic E-state index is 11.7. The molecule has 0 unspecified atom stereocenters. The smallest absolute Gasteiger partial charge is 0.336 e. The van der Waals surface area contributed by atoms with Crippen LogP contribution >= 0.6 is 0 Å². The van der Waals surface area contributed by atoms with Crippen molar-refractivity contribution >= 4 is 16.9 Å². The number of carbonyl (C=O) groups is 1. The molecule has 0 spiro atoms. The van der Waals surface area contributed by atoms with Gasteiger partial charge in [0.15, 0.2) is 0 Å². The normalized spacial score (nSPS) is 10.9. The average molecular weight is 305 g/mol. The molecule has 0 atom stereocenters. The van der Waals surface area contributed by atoms with Crippen LogP contribution < -0.4 is 0 Å². The molecule has 1 aromatic heterocycles. The van der Waals surface area contributed by atoms with Gasteiger partial charge < -0.3 is 5.11 Å². The van der Waals surface area contributed by atoms with Crippen molar-refractivity contribution in [3.63, 3.8) is 0 Å². The van der Waals surface area contributed by atoms with Gasteiger partial charge in [0, 0.05) is 10.9 Å². The monoisotopic (exact) mass is 305 g/mol. The summed E-state index contributed by atoms with van der Waals surface area (Å²) >= 11 is 0. The number of hydrogen-bond donors (Lipinski definition) is 1. The second-order valence-corrected chi connectivity index (χ2v) is 5.73. The van der Waals surface area contributed by atoms with Crippen LogP contribution in [0.3, 0.4) is 0 Å². The van der Waals surface area contributed by atoms with E-state index < -0.39 is 5.97 Å². The number of aromatic carboxylic acids is 1. The summed E-state index contributed by atoms with van der Waals surface area (Å²) in [7, 11) is 0. The van der Waals surface area contributed by atoms with Crippen LogP contribution in [0.2, 0.25) is 0 Å². The number of pyridine rings is 1. The van der Waals surface area contributed by atoms with E-state index in [4.69, 9.17) is 4.98 Å². The number of carboxylic acids is 1. The first-order chi connectivity index (χ1) is 11.1. The third-order valence-electron chi connectivity index (χ3n) is 4.12. The number of rotatable bonds is 4. The molecule has 0 radical (unpaired) electrons. The SMILES string of the molecule is CCCc1ccc(-c2nc3ccccc3c(C(=O)O)c2C)cc1. The van der Waals surface area contributed by atoms with E-state index in [1.807, 2.05) is 43.3 Å². The van der Waals surface area contributed by atoms with Crippen LogP contribution in [-0.2, 0) is 6.42 Å². The Bertz CT molecular complexity index is 867. The molecule has 116 valence electrons. The lowest BCUT2D eigenvalue weighted by Crippen LogP contribution is -2.04. The van der Waals surface area contributed by atoms with E-state index in [0.29, 0.717) is 22.0 Å². The molecule has 3 rings (SSSR count). The van der Waals surface area contributed by atoms with Crippen molar-refractivity contribution in [2.75, 3.05) is 0 Å². The number of carboxylic acid groups (broad SMARTS) is 1. The van der Waals surface area contributed by atoms with Crippen LogP contribution in [0.4, 0.5) is 0 Å². The van der Waals surface area contributed by atoms with E-state index in [-0.39, 0.29) is 0 Å².